The molecule has 0 amide bonds. The summed E-state index contributed by atoms with van der Waals surface area (Å²) >= 11 is 0. The zero-order valence-electron chi connectivity index (χ0n) is 16.5. The molecule has 26 heavy (non-hydrogen) atoms. The summed E-state index contributed by atoms with van der Waals surface area (Å²) in [5, 5.41) is 6.66. The maximum Gasteiger partial charge on any atom is 0.191 e. The highest BCUT2D eigenvalue weighted by molar-refractivity contribution is 5.79. The molecule has 2 N–H and O–H groups in total. The third kappa shape index (κ3) is 7.60. The molecule has 1 saturated heterocycles. The van der Waals surface area contributed by atoms with Gasteiger partial charge in [-0.2, -0.15) is 0 Å². The van der Waals surface area contributed by atoms with Crippen LogP contribution in [-0.2, 0) is 11.3 Å². The van der Waals surface area contributed by atoms with Crippen LogP contribution in [0.1, 0.15) is 51.5 Å². The Morgan fingerprint density at radius 2 is 1.96 bits per heavy atom. The van der Waals surface area contributed by atoms with Crippen molar-refractivity contribution >= 4 is 11.8 Å². The van der Waals surface area contributed by atoms with Crippen LogP contribution in [0.15, 0.2) is 23.3 Å². The van der Waals surface area contributed by atoms with E-state index in [-0.39, 0.29) is 0 Å². The highest BCUT2D eigenvalue weighted by atomic mass is 16.5. The molecule has 0 spiro atoms. The van der Waals surface area contributed by atoms with E-state index in [1.807, 2.05) is 6.20 Å². The molecule has 1 aliphatic rings. The summed E-state index contributed by atoms with van der Waals surface area (Å²) in [5.41, 5.74) is 1.13. The number of nitrogens with one attached hydrogen (secondary N) is 2. The van der Waals surface area contributed by atoms with Crippen molar-refractivity contribution < 1.29 is 4.74 Å². The molecule has 0 bridgehead atoms. The Morgan fingerprint density at radius 3 is 2.65 bits per heavy atom. The number of nitrogens with zero attached hydrogens (tertiary/aromatic N) is 3. The quantitative estimate of drug-likeness (QED) is 0.360. The van der Waals surface area contributed by atoms with Gasteiger partial charge in [-0.05, 0) is 44.2 Å². The van der Waals surface area contributed by atoms with Gasteiger partial charge in [-0.25, -0.2) is 9.98 Å². The topological polar surface area (TPSA) is 61.8 Å². The summed E-state index contributed by atoms with van der Waals surface area (Å²) in [6.07, 6.45) is 7.80. The zero-order chi connectivity index (χ0) is 18.5. The number of aromatic nitrogens is 1. The molecular weight excluding hydrogens is 326 g/mol. The van der Waals surface area contributed by atoms with Crippen LogP contribution in [0.5, 0.6) is 0 Å². The maximum absolute atomic E-state index is 5.59. The van der Waals surface area contributed by atoms with E-state index in [4.69, 9.17) is 4.74 Å². The van der Waals surface area contributed by atoms with Gasteiger partial charge < -0.3 is 20.3 Å². The van der Waals surface area contributed by atoms with Gasteiger partial charge in [0, 0.05) is 45.6 Å². The summed E-state index contributed by atoms with van der Waals surface area (Å²) in [5.74, 6) is 1.94. The van der Waals surface area contributed by atoms with Crippen LogP contribution in [0.2, 0.25) is 0 Å². The number of hydrogen-bond acceptors (Lipinski definition) is 4. The highest BCUT2D eigenvalue weighted by Gasteiger charge is 2.12. The SMILES string of the molecule is CCCCOCCCNC(=NCc1ccc(N2CCCC2)nc1)NCC. The Balaban J connectivity index is 1.73. The van der Waals surface area contributed by atoms with Crippen molar-refractivity contribution in [1.82, 2.24) is 15.6 Å². The fourth-order valence-electron chi connectivity index (χ4n) is 2.89. The molecule has 146 valence electrons. The van der Waals surface area contributed by atoms with Gasteiger partial charge in [0.15, 0.2) is 5.96 Å². The number of guanidine groups is 1. The molecule has 2 rings (SSSR count). The first kappa shape index (κ1) is 20.5. The third-order valence-corrected chi connectivity index (χ3v) is 4.40. The van der Waals surface area contributed by atoms with Crippen LogP contribution in [0.4, 0.5) is 5.82 Å². The smallest absolute Gasteiger partial charge is 0.191 e. The van der Waals surface area contributed by atoms with Gasteiger partial charge in [0.05, 0.1) is 6.54 Å². The molecule has 6 heteroatoms. The van der Waals surface area contributed by atoms with E-state index >= 15 is 0 Å². The molecule has 0 aromatic carbocycles. The second-order valence-electron chi connectivity index (χ2n) is 6.66. The lowest BCUT2D eigenvalue weighted by atomic mass is 10.3. The van der Waals surface area contributed by atoms with Gasteiger partial charge in [0.2, 0.25) is 0 Å². The number of hydrogen-bond donors (Lipinski definition) is 2. The molecule has 1 aromatic rings. The van der Waals surface area contributed by atoms with Crippen LogP contribution in [0.3, 0.4) is 0 Å². The second kappa shape index (κ2) is 12.5. The first-order valence-corrected chi connectivity index (χ1v) is 10.1. The van der Waals surface area contributed by atoms with Crippen LogP contribution in [0, 0.1) is 0 Å². The Hall–Kier alpha value is -1.82. The molecule has 1 aromatic heterocycles. The minimum absolute atomic E-state index is 0.635. The van der Waals surface area contributed by atoms with Crippen LogP contribution < -0.4 is 15.5 Å². The normalized spacial score (nSPS) is 14.7. The molecule has 0 atom stereocenters. The van der Waals surface area contributed by atoms with Gasteiger partial charge in [0.1, 0.15) is 5.82 Å². The van der Waals surface area contributed by atoms with Gasteiger partial charge >= 0.3 is 0 Å². The zero-order valence-corrected chi connectivity index (χ0v) is 16.5. The molecule has 2 heterocycles. The molecule has 0 unspecified atom stereocenters. The van der Waals surface area contributed by atoms with E-state index in [1.165, 1.54) is 19.3 Å². The summed E-state index contributed by atoms with van der Waals surface area (Å²) in [6.45, 7) is 10.5. The molecule has 6 nitrogen and oxygen atoms in total. The van der Waals surface area contributed by atoms with Crippen molar-refractivity contribution in [2.75, 3.05) is 44.3 Å². The van der Waals surface area contributed by atoms with E-state index in [2.05, 4.69) is 51.5 Å². The predicted octanol–water partition coefficient (Wildman–Crippen LogP) is 2.94. The van der Waals surface area contributed by atoms with Gasteiger partial charge in [-0.1, -0.05) is 19.4 Å². The predicted molar refractivity (Wildman–Crippen MR) is 109 cm³/mol. The average molecular weight is 362 g/mol. The third-order valence-electron chi connectivity index (χ3n) is 4.40. The Bertz CT molecular complexity index is 511. The number of anilines is 1. The van der Waals surface area contributed by atoms with Gasteiger partial charge in [-0.15, -0.1) is 0 Å². The summed E-state index contributed by atoms with van der Waals surface area (Å²) in [4.78, 5) is 11.6. The number of ether oxygens (including phenoxy) is 1. The second-order valence-corrected chi connectivity index (χ2v) is 6.66. The van der Waals surface area contributed by atoms with Crippen molar-refractivity contribution in [2.45, 2.75) is 52.5 Å². The van der Waals surface area contributed by atoms with Crippen molar-refractivity contribution in [3.05, 3.63) is 23.9 Å². The number of aliphatic imine (C=N–C) groups is 1. The largest absolute Gasteiger partial charge is 0.381 e. The Kier molecular flexibility index (Phi) is 9.87. The molecule has 1 fully saturated rings. The van der Waals surface area contributed by atoms with Gasteiger partial charge in [-0.3, -0.25) is 0 Å². The molecule has 0 radical (unpaired) electrons. The molecular formula is C20H35N5O. The monoisotopic (exact) mass is 361 g/mol. The lowest BCUT2D eigenvalue weighted by Crippen LogP contribution is -2.38. The summed E-state index contributed by atoms with van der Waals surface area (Å²) in [7, 11) is 0. The first-order chi connectivity index (χ1) is 12.8. The standard InChI is InChI=1S/C20H35N5O/c1-3-5-14-26-15-8-11-22-20(21-4-2)24-17-18-9-10-19(23-16-18)25-12-6-7-13-25/h9-10,16H,3-8,11-15,17H2,1-2H3,(H2,21,22,24). The Morgan fingerprint density at radius 1 is 1.15 bits per heavy atom. The van der Waals surface area contributed by atoms with Crippen LogP contribution in [-0.4, -0.2) is 50.3 Å². The van der Waals surface area contributed by atoms with Crippen molar-refractivity contribution in [1.29, 1.82) is 0 Å². The first-order valence-electron chi connectivity index (χ1n) is 10.1. The fraction of sp³-hybridized carbons (Fsp3) is 0.700. The van der Waals surface area contributed by atoms with E-state index in [9.17, 15) is 0 Å². The van der Waals surface area contributed by atoms with Crippen LogP contribution in [0.25, 0.3) is 0 Å². The highest BCUT2D eigenvalue weighted by Crippen LogP contribution is 2.17. The number of unbranched alkanes of at least 4 members (excludes halogenated alkanes) is 1. The summed E-state index contributed by atoms with van der Waals surface area (Å²) in [6, 6.07) is 4.25. The summed E-state index contributed by atoms with van der Waals surface area (Å²) < 4.78 is 5.59. The molecule has 0 saturated carbocycles. The fourth-order valence-corrected chi connectivity index (χ4v) is 2.89. The number of rotatable bonds is 11. The minimum Gasteiger partial charge on any atom is -0.381 e. The number of pyridine rings is 1. The molecule has 0 aliphatic carbocycles. The van der Waals surface area contributed by atoms with E-state index in [1.54, 1.807) is 0 Å². The lowest BCUT2D eigenvalue weighted by molar-refractivity contribution is 0.129. The molecule has 1 aliphatic heterocycles. The van der Waals surface area contributed by atoms with Crippen molar-refractivity contribution in [2.24, 2.45) is 4.99 Å². The van der Waals surface area contributed by atoms with Gasteiger partial charge in [0.25, 0.3) is 0 Å². The lowest BCUT2D eigenvalue weighted by Gasteiger charge is -2.16. The van der Waals surface area contributed by atoms with E-state index in [0.29, 0.717) is 6.54 Å². The Labute approximate surface area is 158 Å². The maximum atomic E-state index is 5.59. The average Bonchev–Trinajstić information content (AvgIpc) is 3.20. The minimum atomic E-state index is 0.635. The van der Waals surface area contributed by atoms with Crippen molar-refractivity contribution in [3.63, 3.8) is 0 Å². The van der Waals surface area contributed by atoms with E-state index < -0.39 is 0 Å². The van der Waals surface area contributed by atoms with Crippen LogP contribution >= 0.6 is 0 Å². The van der Waals surface area contributed by atoms with E-state index in [0.717, 1.165) is 69.6 Å². The van der Waals surface area contributed by atoms with Crippen molar-refractivity contribution in [3.8, 4) is 0 Å².